The van der Waals surface area contributed by atoms with Crippen LogP contribution < -0.4 is 4.74 Å². The van der Waals surface area contributed by atoms with Gasteiger partial charge in [-0.3, -0.25) is 14.5 Å². The lowest BCUT2D eigenvalue weighted by atomic mass is 9.86. The van der Waals surface area contributed by atoms with E-state index in [-0.39, 0.29) is 17.9 Å². The third kappa shape index (κ3) is 3.95. The summed E-state index contributed by atoms with van der Waals surface area (Å²) in [6, 6.07) is 7.31. The molecule has 2 rings (SSSR count). The third-order valence-corrected chi connectivity index (χ3v) is 6.01. The molecule has 0 unspecified atom stereocenters. The van der Waals surface area contributed by atoms with Gasteiger partial charge in [0, 0.05) is 19.6 Å². The molecule has 6 heteroatoms. The molecule has 1 aromatic carbocycles. The van der Waals surface area contributed by atoms with Gasteiger partial charge in [-0.1, -0.05) is 32.4 Å². The summed E-state index contributed by atoms with van der Waals surface area (Å²) in [5, 5.41) is 9.97. The monoisotopic (exact) mass is 376 g/mol. The summed E-state index contributed by atoms with van der Waals surface area (Å²) in [5.41, 5.74) is -0.0895. The number of hydrogen-bond acceptors (Lipinski definition) is 4. The number of nitrogens with zero attached hydrogens (tertiary/aromatic N) is 2. The summed E-state index contributed by atoms with van der Waals surface area (Å²) in [5.74, 6) is -0.492. The zero-order chi connectivity index (χ0) is 20.2. The molecule has 1 amide bonds. The van der Waals surface area contributed by atoms with E-state index in [1.54, 1.807) is 12.0 Å². The summed E-state index contributed by atoms with van der Waals surface area (Å²) in [6.45, 7) is 4.66. The smallest absolute Gasteiger partial charge is 0.324 e. The van der Waals surface area contributed by atoms with Gasteiger partial charge >= 0.3 is 5.97 Å². The first-order chi connectivity index (χ1) is 12.8. The second-order valence-electron chi connectivity index (χ2n) is 7.44. The first-order valence-corrected chi connectivity index (χ1v) is 9.67. The van der Waals surface area contributed by atoms with Crippen molar-refractivity contribution in [3.8, 4) is 5.75 Å². The predicted molar refractivity (Wildman–Crippen MR) is 105 cm³/mol. The van der Waals surface area contributed by atoms with Gasteiger partial charge in [-0.15, -0.1) is 0 Å². The van der Waals surface area contributed by atoms with E-state index < -0.39 is 11.5 Å². The quantitative estimate of drug-likeness (QED) is 0.755. The van der Waals surface area contributed by atoms with Crippen molar-refractivity contribution < 1.29 is 19.4 Å². The van der Waals surface area contributed by atoms with Gasteiger partial charge in [-0.25, -0.2) is 0 Å². The summed E-state index contributed by atoms with van der Waals surface area (Å²) in [4.78, 5) is 29.0. The number of likely N-dealkylation sites (N-methyl/N-ethyl adjacent to an activating group) is 1. The van der Waals surface area contributed by atoms with Crippen LogP contribution in [-0.4, -0.2) is 60.1 Å². The highest BCUT2D eigenvalue weighted by Gasteiger charge is 2.56. The van der Waals surface area contributed by atoms with Crippen LogP contribution in [0.25, 0.3) is 0 Å². The van der Waals surface area contributed by atoms with Gasteiger partial charge in [0.25, 0.3) is 0 Å². The van der Waals surface area contributed by atoms with Crippen molar-refractivity contribution in [1.82, 2.24) is 9.80 Å². The van der Waals surface area contributed by atoms with Gasteiger partial charge < -0.3 is 14.7 Å². The summed E-state index contributed by atoms with van der Waals surface area (Å²) in [6.07, 6.45) is 2.73. The van der Waals surface area contributed by atoms with Crippen molar-refractivity contribution in [2.75, 3.05) is 27.7 Å². The number of unbranched alkanes of at least 4 members (excludes halogenated alkanes) is 1. The summed E-state index contributed by atoms with van der Waals surface area (Å²) >= 11 is 0. The van der Waals surface area contributed by atoms with Crippen molar-refractivity contribution in [3.05, 3.63) is 29.8 Å². The Bertz CT molecular complexity index is 661. The molecule has 0 aliphatic carbocycles. The second-order valence-corrected chi connectivity index (χ2v) is 7.44. The number of methoxy groups -OCH3 is 1. The Labute approximate surface area is 162 Å². The molecule has 27 heavy (non-hydrogen) atoms. The largest absolute Gasteiger partial charge is 0.497 e. The minimum absolute atomic E-state index is 0.0210. The van der Waals surface area contributed by atoms with Crippen molar-refractivity contribution in [1.29, 1.82) is 0 Å². The number of rotatable bonds is 8. The molecule has 1 aliphatic heterocycles. The number of benzene rings is 1. The van der Waals surface area contributed by atoms with Gasteiger partial charge in [0.15, 0.2) is 0 Å². The Morgan fingerprint density at radius 3 is 2.41 bits per heavy atom. The SMILES string of the molecule is CCCCN(C)C(=O)[C@@H]1C[C@](CC)(C(=O)O)N(C)[C@@H]1c1ccc(OC)cc1. The first kappa shape index (κ1) is 21.2. The van der Waals surface area contributed by atoms with Crippen LogP contribution in [0.1, 0.15) is 51.1 Å². The third-order valence-electron chi connectivity index (χ3n) is 6.01. The lowest BCUT2D eigenvalue weighted by Gasteiger charge is -2.34. The van der Waals surface area contributed by atoms with Crippen LogP contribution in [0.15, 0.2) is 24.3 Å². The molecule has 0 bridgehead atoms. The van der Waals surface area contributed by atoms with Crippen molar-refractivity contribution in [3.63, 3.8) is 0 Å². The van der Waals surface area contributed by atoms with Crippen LogP contribution in [0.3, 0.4) is 0 Å². The van der Waals surface area contributed by atoms with E-state index in [0.717, 1.165) is 24.2 Å². The van der Waals surface area contributed by atoms with Crippen LogP contribution in [0.2, 0.25) is 0 Å². The van der Waals surface area contributed by atoms with Crippen molar-refractivity contribution in [2.24, 2.45) is 5.92 Å². The molecule has 0 aromatic heterocycles. The predicted octanol–water partition coefficient (Wildman–Crippen LogP) is 3.18. The van der Waals surface area contributed by atoms with Crippen LogP contribution in [0.5, 0.6) is 5.75 Å². The number of hydrogen-bond donors (Lipinski definition) is 1. The maximum atomic E-state index is 13.2. The molecule has 0 spiro atoms. The topological polar surface area (TPSA) is 70.1 Å². The molecule has 0 saturated carbocycles. The first-order valence-electron chi connectivity index (χ1n) is 9.67. The molecule has 150 valence electrons. The van der Waals surface area contributed by atoms with E-state index in [4.69, 9.17) is 4.74 Å². The summed E-state index contributed by atoms with van der Waals surface area (Å²) < 4.78 is 5.23. The van der Waals surface area contributed by atoms with E-state index in [1.807, 2.05) is 50.2 Å². The van der Waals surface area contributed by atoms with Crippen LogP contribution >= 0.6 is 0 Å². The Hall–Kier alpha value is -2.08. The van der Waals surface area contributed by atoms with Gasteiger partial charge in [-0.05, 0) is 44.0 Å². The van der Waals surface area contributed by atoms with Crippen LogP contribution in [0, 0.1) is 5.92 Å². The zero-order valence-electron chi connectivity index (χ0n) is 17.1. The molecule has 1 heterocycles. The standard InChI is InChI=1S/C21H32N2O4/c1-6-8-13-22(3)19(24)17-14-21(7-2,20(25)26)23(4)18(17)15-9-11-16(27-5)12-10-15/h9-12,17-18H,6-8,13-14H2,1-5H3,(H,25,26)/t17-,18-,21-/m1/s1. The molecule has 1 aromatic rings. The maximum absolute atomic E-state index is 13.2. The van der Waals surface area contributed by atoms with E-state index in [1.165, 1.54) is 0 Å². The number of carbonyl (C=O) groups is 2. The number of amides is 1. The van der Waals surface area contributed by atoms with Gasteiger partial charge in [0.05, 0.1) is 13.0 Å². The molecule has 1 saturated heterocycles. The van der Waals surface area contributed by atoms with Crippen molar-refractivity contribution >= 4 is 11.9 Å². The highest BCUT2D eigenvalue weighted by molar-refractivity contribution is 5.85. The van der Waals surface area contributed by atoms with Gasteiger partial charge in [0.1, 0.15) is 11.3 Å². The lowest BCUT2D eigenvalue weighted by Crippen LogP contribution is -2.48. The molecule has 1 N–H and O–H groups in total. The van der Waals surface area contributed by atoms with Gasteiger partial charge in [-0.2, -0.15) is 0 Å². The second kappa shape index (κ2) is 8.74. The number of aliphatic carboxylic acids is 1. The number of likely N-dealkylation sites (tertiary alicyclic amines) is 1. The molecule has 0 radical (unpaired) electrons. The number of carboxylic acid groups (broad SMARTS) is 1. The summed E-state index contributed by atoms with van der Waals surface area (Å²) in [7, 11) is 5.25. The maximum Gasteiger partial charge on any atom is 0.324 e. The van der Waals surface area contributed by atoms with Crippen LogP contribution in [-0.2, 0) is 9.59 Å². The minimum Gasteiger partial charge on any atom is -0.497 e. The fourth-order valence-electron chi connectivity index (χ4n) is 4.21. The van der Waals surface area contributed by atoms with E-state index >= 15 is 0 Å². The molecular formula is C21H32N2O4. The molecule has 1 fully saturated rings. The molecule has 3 atom stereocenters. The Morgan fingerprint density at radius 1 is 1.30 bits per heavy atom. The minimum atomic E-state index is -1.03. The molecule has 6 nitrogen and oxygen atoms in total. The fourth-order valence-corrected chi connectivity index (χ4v) is 4.21. The van der Waals surface area contributed by atoms with Crippen molar-refractivity contribution in [2.45, 2.75) is 51.1 Å². The van der Waals surface area contributed by atoms with E-state index in [9.17, 15) is 14.7 Å². The average molecular weight is 376 g/mol. The Kier molecular flexibility index (Phi) is 6.87. The Morgan fingerprint density at radius 2 is 1.93 bits per heavy atom. The average Bonchev–Trinajstić information content (AvgIpc) is 2.99. The van der Waals surface area contributed by atoms with Gasteiger partial charge in [0.2, 0.25) is 5.91 Å². The highest BCUT2D eigenvalue weighted by Crippen LogP contribution is 2.48. The number of ether oxygens (including phenoxy) is 1. The number of carboxylic acids is 1. The van der Waals surface area contributed by atoms with E-state index in [2.05, 4.69) is 6.92 Å². The number of carbonyl (C=O) groups excluding carboxylic acids is 1. The normalized spacial score (nSPS) is 25.4. The lowest BCUT2D eigenvalue weighted by molar-refractivity contribution is -0.150. The highest BCUT2D eigenvalue weighted by atomic mass is 16.5. The zero-order valence-corrected chi connectivity index (χ0v) is 17.1. The molecular weight excluding hydrogens is 344 g/mol. The van der Waals surface area contributed by atoms with Crippen LogP contribution in [0.4, 0.5) is 0 Å². The molecule has 1 aliphatic rings. The fraction of sp³-hybridized carbons (Fsp3) is 0.619. The Balaban J connectivity index is 2.42. The van der Waals surface area contributed by atoms with E-state index in [0.29, 0.717) is 19.4 Å².